The molecule has 0 saturated heterocycles. The maximum Gasteiger partial charge on any atom is 0.573 e. The van der Waals surface area contributed by atoms with Gasteiger partial charge in [0.1, 0.15) is 35.3 Å². The Kier molecular flexibility index (Phi) is 7.83. The Hall–Kier alpha value is -6.80. The van der Waals surface area contributed by atoms with Crippen molar-refractivity contribution in [2.45, 2.75) is 12.7 Å². The highest BCUT2D eigenvalue weighted by Crippen LogP contribution is 2.44. The summed E-state index contributed by atoms with van der Waals surface area (Å²) in [6, 6.07) is 6.81. The zero-order valence-corrected chi connectivity index (χ0v) is 22.4. The quantitative estimate of drug-likeness (QED) is 0.204. The minimum atomic E-state index is -5.54. The molecule has 3 aromatic carbocycles. The summed E-state index contributed by atoms with van der Waals surface area (Å²) in [5.41, 5.74) is -8.90. The van der Waals surface area contributed by atoms with Crippen molar-refractivity contribution in [1.29, 1.82) is 21.0 Å². The van der Waals surface area contributed by atoms with Crippen molar-refractivity contribution in [3.05, 3.63) is 58.6 Å². The van der Waals surface area contributed by atoms with Crippen LogP contribution in [0.1, 0.15) is 0 Å². The highest BCUT2D eigenvalue weighted by Gasteiger charge is 2.36. The lowest BCUT2D eigenvalue weighted by molar-refractivity contribution is -0.277. The van der Waals surface area contributed by atoms with Crippen LogP contribution < -0.4 is 20.6 Å². The van der Waals surface area contributed by atoms with E-state index in [2.05, 4.69) is 19.4 Å². The molecule has 0 amide bonds. The Bertz CT molecular complexity index is 2180. The van der Waals surface area contributed by atoms with E-state index >= 15 is 0 Å². The van der Waals surface area contributed by atoms with Crippen molar-refractivity contribution >= 4 is 33.3 Å². The van der Waals surface area contributed by atoms with Gasteiger partial charge in [-0.1, -0.05) is 0 Å². The first-order valence-electron chi connectivity index (χ1n) is 12.1. The molecule has 5 aromatic rings. The van der Waals surface area contributed by atoms with Gasteiger partial charge in [0.15, 0.2) is 45.6 Å². The van der Waals surface area contributed by atoms with Crippen molar-refractivity contribution in [3.8, 4) is 58.0 Å². The van der Waals surface area contributed by atoms with E-state index in [4.69, 9.17) is 8.83 Å². The van der Waals surface area contributed by atoms with Crippen LogP contribution in [-0.2, 0) is 0 Å². The normalized spacial score (nSPS) is 11.5. The van der Waals surface area contributed by atoms with Gasteiger partial charge in [-0.25, -0.2) is 27.5 Å². The number of benzene rings is 3. The topological polar surface area (TPSA) is 166 Å². The molecule has 2 heterocycles. The summed E-state index contributed by atoms with van der Waals surface area (Å²) < 4.78 is 154. The van der Waals surface area contributed by atoms with Crippen LogP contribution in [0.25, 0.3) is 55.6 Å². The second-order valence-corrected chi connectivity index (χ2v) is 8.97. The van der Waals surface area contributed by atoms with E-state index in [-0.39, 0.29) is 24.3 Å². The third-order valence-electron chi connectivity index (χ3n) is 6.07. The maximum absolute atomic E-state index is 14.9. The Balaban J connectivity index is 2.01. The van der Waals surface area contributed by atoms with Gasteiger partial charge in [-0.15, -0.1) is 26.3 Å². The first kappa shape index (κ1) is 32.6. The zero-order valence-electron chi connectivity index (χ0n) is 22.4. The van der Waals surface area contributed by atoms with Crippen LogP contribution in [0.3, 0.4) is 0 Å². The fourth-order valence-electron chi connectivity index (χ4n) is 4.36. The molecule has 0 unspecified atom stereocenters. The number of alkyl halides is 6. The molecule has 0 radical (unpaired) electrons. The van der Waals surface area contributed by atoms with E-state index in [9.17, 15) is 65.0 Å². The Morgan fingerprint density at radius 1 is 0.562 bits per heavy atom. The number of nitriles is 4. The van der Waals surface area contributed by atoms with Gasteiger partial charge >= 0.3 is 12.7 Å². The number of oxazole rings is 2. The van der Waals surface area contributed by atoms with Gasteiger partial charge in [0, 0.05) is 0 Å². The fraction of sp³-hybridized carbons (Fsp3) is 0.0714. The summed E-state index contributed by atoms with van der Waals surface area (Å²) in [5.74, 6) is -11.6. The molecule has 240 valence electrons. The molecule has 0 fully saturated rings. The number of hydrogen-bond acceptors (Lipinski definition) is 10. The lowest BCUT2D eigenvalue weighted by Gasteiger charge is -2.14. The first-order chi connectivity index (χ1) is 22.5. The van der Waals surface area contributed by atoms with Crippen molar-refractivity contribution < 1.29 is 62.2 Å². The van der Waals surface area contributed by atoms with Gasteiger partial charge < -0.3 is 18.3 Å². The van der Waals surface area contributed by atoms with E-state index in [1.807, 2.05) is 0 Å². The molecule has 48 heavy (non-hydrogen) atoms. The van der Waals surface area contributed by atoms with Gasteiger partial charge in [-0.3, -0.25) is 0 Å². The van der Waals surface area contributed by atoms with E-state index < -0.39 is 114 Å². The van der Waals surface area contributed by atoms with E-state index in [1.165, 1.54) is 24.3 Å². The number of rotatable bonds is 4. The van der Waals surface area contributed by atoms with Gasteiger partial charge in [0.05, 0.1) is 11.1 Å². The van der Waals surface area contributed by atoms with Crippen molar-refractivity contribution in [2.75, 3.05) is 0 Å². The molecular weight excluding hydrogens is 674 g/mol. The monoisotopic (exact) mass is 678 g/mol. The van der Waals surface area contributed by atoms with Gasteiger partial charge in [-0.2, -0.15) is 21.0 Å². The van der Waals surface area contributed by atoms with Crippen LogP contribution in [0.4, 0.5) is 43.9 Å². The van der Waals surface area contributed by atoms with Gasteiger partial charge in [0.2, 0.25) is 22.6 Å². The highest BCUT2D eigenvalue weighted by molar-refractivity contribution is 6.15. The van der Waals surface area contributed by atoms with Crippen LogP contribution in [0.5, 0.6) is 11.5 Å². The molecule has 0 aliphatic rings. The van der Waals surface area contributed by atoms with Crippen LogP contribution in [0.15, 0.2) is 33.1 Å². The molecule has 2 aromatic heterocycles. The number of ether oxygens (including phenoxy) is 2. The third kappa shape index (κ3) is 5.81. The Labute approximate surface area is 256 Å². The summed E-state index contributed by atoms with van der Waals surface area (Å²) in [6.07, 6.45) is -11.1. The number of halogens is 10. The van der Waals surface area contributed by atoms with E-state index in [0.717, 1.165) is 0 Å². The van der Waals surface area contributed by atoms with Crippen molar-refractivity contribution in [3.63, 3.8) is 0 Å². The molecule has 0 atom stereocenters. The van der Waals surface area contributed by atoms with Crippen LogP contribution in [0.2, 0.25) is 0 Å². The molecule has 0 spiro atoms. The van der Waals surface area contributed by atoms with E-state index in [0.29, 0.717) is 0 Å². The zero-order chi connectivity index (χ0) is 35.3. The van der Waals surface area contributed by atoms with E-state index in [1.54, 1.807) is 0 Å². The molecule has 0 aliphatic carbocycles. The summed E-state index contributed by atoms with van der Waals surface area (Å²) in [6.45, 7) is 0. The second kappa shape index (κ2) is 11.5. The summed E-state index contributed by atoms with van der Waals surface area (Å²) in [4.78, 5) is 7.85. The average molecular weight is 678 g/mol. The molecule has 10 nitrogen and oxygen atoms in total. The number of aromatic nitrogens is 2. The summed E-state index contributed by atoms with van der Waals surface area (Å²) in [5, 5.41) is 37.4. The predicted octanol–water partition coefficient (Wildman–Crippen LogP) is 6.05. The van der Waals surface area contributed by atoms with Gasteiger partial charge in [0.25, 0.3) is 0 Å². The predicted molar refractivity (Wildman–Crippen MR) is 134 cm³/mol. The van der Waals surface area contributed by atoms with Crippen molar-refractivity contribution in [1.82, 2.24) is 9.97 Å². The molecule has 0 aliphatic heterocycles. The molecule has 0 N–H and O–H groups in total. The SMILES string of the molecule is N#CC(C#N)=c1nc2c(-c3cc(F)c(OC(F)(F)F)c(F)c3)c3oc(=C(C#N)C#N)nc3c(-c3cc(F)c(OC(F)(F)F)c(F)c3)c2o1. The Morgan fingerprint density at radius 2 is 0.854 bits per heavy atom. The smallest absolute Gasteiger partial charge is 0.434 e. The first-order valence-corrected chi connectivity index (χ1v) is 12.1. The fourth-order valence-corrected chi connectivity index (χ4v) is 4.36. The van der Waals surface area contributed by atoms with Gasteiger partial charge in [-0.05, 0) is 35.4 Å². The van der Waals surface area contributed by atoms with Crippen LogP contribution in [0, 0.1) is 68.6 Å². The average Bonchev–Trinajstić information content (AvgIpc) is 3.60. The standard InChI is InChI=1S/C28H4F10N6O4/c29-13-1-9(2-14(30)21(13)47-27(33,34)35)17-19-24(46-25(43-19)11(5-39)6-40)18(20-23(17)45-26(44-20)12(7-41)8-42)10-3-15(31)22(16(32)4-10)48-28(36,37)38/h1-4H. The Morgan fingerprint density at radius 3 is 1.10 bits per heavy atom. The van der Waals surface area contributed by atoms with Crippen molar-refractivity contribution in [2.24, 2.45) is 0 Å². The largest absolute Gasteiger partial charge is 0.573 e. The lowest BCUT2D eigenvalue weighted by Crippen LogP contribution is -2.19. The molecule has 5 rings (SSSR count). The third-order valence-corrected chi connectivity index (χ3v) is 6.07. The second-order valence-electron chi connectivity index (χ2n) is 8.97. The molecule has 0 saturated carbocycles. The van der Waals surface area contributed by atoms with Crippen LogP contribution >= 0.6 is 0 Å². The maximum atomic E-state index is 14.9. The summed E-state index contributed by atoms with van der Waals surface area (Å²) in [7, 11) is 0. The highest BCUT2D eigenvalue weighted by atomic mass is 19.4. The lowest BCUT2D eigenvalue weighted by atomic mass is 9.95. The van der Waals surface area contributed by atoms with Crippen LogP contribution in [-0.4, -0.2) is 22.7 Å². The number of hydrogen-bond donors (Lipinski definition) is 0. The molecule has 20 heteroatoms. The number of nitrogens with zero attached hydrogens (tertiary/aromatic N) is 6. The number of fused-ring (bicyclic) bond motifs is 2. The molecular formula is C28H4F10N6O4. The minimum absolute atomic E-state index is 0.287. The minimum Gasteiger partial charge on any atom is -0.434 e. The molecule has 0 bridgehead atoms. The summed E-state index contributed by atoms with van der Waals surface area (Å²) >= 11 is 0.